The number of unbranched alkanes of at least 4 members (excludes halogenated alkanes) is 2. The lowest BCUT2D eigenvalue weighted by Crippen LogP contribution is -2.49. The van der Waals surface area contributed by atoms with Crippen molar-refractivity contribution in [3.63, 3.8) is 0 Å². The van der Waals surface area contributed by atoms with Crippen molar-refractivity contribution in [3.05, 3.63) is 47.2 Å². The summed E-state index contributed by atoms with van der Waals surface area (Å²) in [6.07, 6.45) is 8.38. The Balaban J connectivity index is 1.32. The molecule has 0 radical (unpaired) electrons. The van der Waals surface area contributed by atoms with Crippen LogP contribution in [0.15, 0.2) is 36.7 Å². The summed E-state index contributed by atoms with van der Waals surface area (Å²) in [6.45, 7) is 5.79. The van der Waals surface area contributed by atoms with E-state index in [2.05, 4.69) is 11.9 Å². The molecule has 0 aliphatic carbocycles. The number of carbonyl (C=O) groups is 2. The quantitative estimate of drug-likeness (QED) is 0.262. The first-order valence-electron chi connectivity index (χ1n) is 14.7. The summed E-state index contributed by atoms with van der Waals surface area (Å²) in [6, 6.07) is 7.45. The fourth-order valence-corrected chi connectivity index (χ4v) is 6.05. The molecule has 0 N–H and O–H groups in total. The summed E-state index contributed by atoms with van der Waals surface area (Å²) in [5, 5.41) is 1.28. The molecule has 4 heterocycles. The molecule has 0 spiro atoms. The number of anilines is 1. The van der Waals surface area contributed by atoms with E-state index in [1.807, 2.05) is 34.1 Å². The van der Waals surface area contributed by atoms with Crippen LogP contribution in [0.2, 0.25) is 5.02 Å². The molecule has 2 aliphatic heterocycles. The summed E-state index contributed by atoms with van der Waals surface area (Å²) in [4.78, 5) is 36.7. The van der Waals surface area contributed by atoms with Gasteiger partial charge in [0, 0.05) is 69.4 Å². The number of urea groups is 1. The Bertz CT molecular complexity index is 1410. The van der Waals surface area contributed by atoms with E-state index in [1.54, 1.807) is 36.1 Å². The van der Waals surface area contributed by atoms with Crippen molar-refractivity contribution >= 4 is 40.3 Å². The molecule has 0 bridgehead atoms. The minimum Gasteiger partial charge on any atom is -0.493 e. The van der Waals surface area contributed by atoms with Crippen molar-refractivity contribution in [3.8, 4) is 11.5 Å². The highest BCUT2D eigenvalue weighted by Gasteiger charge is 2.30. The van der Waals surface area contributed by atoms with Crippen LogP contribution in [0.5, 0.6) is 11.5 Å². The first kappa shape index (κ1) is 30.0. The highest BCUT2D eigenvalue weighted by molar-refractivity contribution is 6.35. The van der Waals surface area contributed by atoms with E-state index in [4.69, 9.17) is 25.8 Å². The van der Waals surface area contributed by atoms with Gasteiger partial charge in [0.2, 0.25) is 5.91 Å². The first-order chi connectivity index (χ1) is 20.4. The standard InChI is InChI=1S/C31H40ClN5O5/c1-4-5-6-16-42-27-17-23(8-9-26(27)41-3)37-14-7-13-35(31(37)39)18-22-10-12-33-30-29(22)25(32)20-36(30)21-28(38)34-15-11-24(19-34)40-2/h8-10,12,17,20,24H,4-7,11,13-16,18-19,21H2,1-3H3/t24-/m0/s1. The predicted octanol–water partition coefficient (Wildman–Crippen LogP) is 5.35. The van der Waals surface area contributed by atoms with E-state index in [9.17, 15) is 9.59 Å². The Labute approximate surface area is 252 Å². The van der Waals surface area contributed by atoms with Crippen molar-refractivity contribution < 1.29 is 23.8 Å². The van der Waals surface area contributed by atoms with Crippen LogP contribution in [0.3, 0.4) is 0 Å². The monoisotopic (exact) mass is 597 g/mol. The lowest BCUT2D eigenvalue weighted by molar-refractivity contribution is -0.131. The summed E-state index contributed by atoms with van der Waals surface area (Å²) in [5.74, 6) is 1.29. The fraction of sp³-hybridized carbons (Fsp3) is 0.516. The number of carbonyl (C=O) groups excluding carboxylic acids is 2. The van der Waals surface area contributed by atoms with Gasteiger partial charge < -0.3 is 28.6 Å². The van der Waals surface area contributed by atoms with Gasteiger partial charge in [-0.1, -0.05) is 31.4 Å². The highest BCUT2D eigenvalue weighted by atomic mass is 35.5. The number of methoxy groups -OCH3 is 2. The molecule has 1 aromatic carbocycles. The van der Waals surface area contributed by atoms with Crippen molar-refractivity contribution in [2.75, 3.05) is 51.9 Å². The average molecular weight is 598 g/mol. The zero-order valence-corrected chi connectivity index (χ0v) is 25.4. The normalized spacial score (nSPS) is 17.4. The summed E-state index contributed by atoms with van der Waals surface area (Å²) in [7, 11) is 3.29. The number of aromatic nitrogens is 2. The van der Waals surface area contributed by atoms with Crippen LogP contribution in [0.25, 0.3) is 11.0 Å². The molecule has 2 saturated heterocycles. The molecular weight excluding hydrogens is 558 g/mol. The van der Waals surface area contributed by atoms with E-state index in [0.29, 0.717) is 61.5 Å². The number of pyridine rings is 1. The molecule has 2 aromatic heterocycles. The molecule has 11 heteroatoms. The van der Waals surface area contributed by atoms with E-state index < -0.39 is 0 Å². The molecule has 226 valence electrons. The smallest absolute Gasteiger partial charge is 0.324 e. The van der Waals surface area contributed by atoms with Crippen LogP contribution in [-0.2, 0) is 22.6 Å². The Morgan fingerprint density at radius 3 is 2.74 bits per heavy atom. The van der Waals surface area contributed by atoms with Gasteiger partial charge in [-0.15, -0.1) is 0 Å². The Morgan fingerprint density at radius 2 is 1.98 bits per heavy atom. The maximum Gasteiger partial charge on any atom is 0.324 e. The SMILES string of the molecule is CCCCCOc1cc(N2CCCN(Cc3ccnc4c3c(Cl)cn4CC(=O)N3CC[C@H](OC)C3)C2=O)ccc1OC. The fourth-order valence-electron chi connectivity index (χ4n) is 5.73. The molecule has 2 aliphatic rings. The molecule has 3 aromatic rings. The Kier molecular flexibility index (Phi) is 9.74. The second-order valence-electron chi connectivity index (χ2n) is 10.9. The summed E-state index contributed by atoms with van der Waals surface area (Å²) in [5.41, 5.74) is 2.30. The largest absolute Gasteiger partial charge is 0.493 e. The number of amides is 3. The van der Waals surface area contributed by atoms with Crippen molar-refractivity contribution in [1.82, 2.24) is 19.4 Å². The number of fused-ring (bicyclic) bond motifs is 1. The number of halogens is 1. The minimum atomic E-state index is -0.0826. The van der Waals surface area contributed by atoms with Gasteiger partial charge in [-0.25, -0.2) is 9.78 Å². The van der Waals surface area contributed by atoms with Gasteiger partial charge >= 0.3 is 6.03 Å². The number of nitrogens with zero attached hydrogens (tertiary/aromatic N) is 5. The second-order valence-corrected chi connectivity index (χ2v) is 11.3. The molecule has 3 amide bonds. The van der Waals surface area contributed by atoms with Gasteiger partial charge in [-0.3, -0.25) is 9.69 Å². The van der Waals surface area contributed by atoms with E-state index in [1.165, 1.54) is 0 Å². The van der Waals surface area contributed by atoms with E-state index in [0.717, 1.165) is 48.7 Å². The summed E-state index contributed by atoms with van der Waals surface area (Å²) < 4.78 is 18.7. The van der Waals surface area contributed by atoms with Gasteiger partial charge in [0.1, 0.15) is 12.2 Å². The maximum atomic E-state index is 13.7. The van der Waals surface area contributed by atoms with Crippen LogP contribution in [0, 0.1) is 0 Å². The van der Waals surface area contributed by atoms with Crippen LogP contribution in [0.4, 0.5) is 10.5 Å². The lowest BCUT2D eigenvalue weighted by Gasteiger charge is -2.36. The van der Waals surface area contributed by atoms with E-state index in [-0.39, 0.29) is 24.6 Å². The second kappa shape index (κ2) is 13.6. The van der Waals surface area contributed by atoms with Crippen LogP contribution >= 0.6 is 11.6 Å². The number of benzene rings is 1. The molecule has 42 heavy (non-hydrogen) atoms. The van der Waals surface area contributed by atoms with Crippen molar-refractivity contribution in [1.29, 1.82) is 0 Å². The van der Waals surface area contributed by atoms with Crippen LogP contribution in [0.1, 0.15) is 44.6 Å². The first-order valence-corrected chi connectivity index (χ1v) is 15.1. The van der Waals surface area contributed by atoms with Gasteiger partial charge in [0.05, 0.1) is 24.8 Å². The van der Waals surface area contributed by atoms with Gasteiger partial charge in [0.15, 0.2) is 11.5 Å². The highest BCUT2D eigenvalue weighted by Crippen LogP contribution is 2.34. The van der Waals surface area contributed by atoms with Crippen molar-refractivity contribution in [2.45, 2.75) is 58.2 Å². The van der Waals surface area contributed by atoms with Crippen LogP contribution in [-0.4, -0.2) is 84.4 Å². The molecule has 1 atom stereocenters. The number of ether oxygens (including phenoxy) is 3. The third kappa shape index (κ3) is 6.44. The van der Waals surface area contributed by atoms with Gasteiger partial charge in [-0.2, -0.15) is 0 Å². The third-order valence-corrected chi connectivity index (χ3v) is 8.36. The van der Waals surface area contributed by atoms with Crippen molar-refractivity contribution in [2.24, 2.45) is 0 Å². The topological polar surface area (TPSA) is 89.4 Å². The third-order valence-electron chi connectivity index (χ3n) is 8.07. The Morgan fingerprint density at radius 1 is 1.12 bits per heavy atom. The van der Waals surface area contributed by atoms with E-state index >= 15 is 0 Å². The Hall–Kier alpha value is -3.50. The molecule has 2 fully saturated rings. The molecule has 0 saturated carbocycles. The number of likely N-dealkylation sites (tertiary alicyclic amines) is 1. The number of hydrogen-bond donors (Lipinski definition) is 0. The maximum absolute atomic E-state index is 13.7. The molecule has 0 unspecified atom stereocenters. The number of hydrogen-bond acceptors (Lipinski definition) is 6. The summed E-state index contributed by atoms with van der Waals surface area (Å²) >= 11 is 6.71. The molecular formula is C31H40ClN5O5. The zero-order valence-electron chi connectivity index (χ0n) is 24.7. The zero-order chi connectivity index (χ0) is 29.6. The lowest BCUT2D eigenvalue weighted by atomic mass is 10.1. The van der Waals surface area contributed by atoms with Crippen LogP contribution < -0.4 is 14.4 Å². The minimum absolute atomic E-state index is 0.00498. The number of rotatable bonds is 12. The predicted molar refractivity (Wildman–Crippen MR) is 163 cm³/mol. The molecule has 10 nitrogen and oxygen atoms in total. The van der Waals surface area contributed by atoms with Gasteiger partial charge in [-0.05, 0) is 43.0 Å². The van der Waals surface area contributed by atoms with Gasteiger partial charge in [0.25, 0.3) is 0 Å². The average Bonchev–Trinajstić information content (AvgIpc) is 3.61. The molecule has 5 rings (SSSR count).